The lowest BCUT2D eigenvalue weighted by Gasteiger charge is -2.05. The van der Waals surface area contributed by atoms with Gasteiger partial charge in [0.05, 0.1) is 10.6 Å². The van der Waals surface area contributed by atoms with Crippen LogP contribution in [-0.2, 0) is 0 Å². The van der Waals surface area contributed by atoms with E-state index in [1.807, 2.05) is 4.68 Å². The van der Waals surface area contributed by atoms with Crippen LogP contribution in [0.3, 0.4) is 0 Å². The van der Waals surface area contributed by atoms with E-state index < -0.39 is 0 Å². The highest BCUT2D eigenvalue weighted by Gasteiger charge is 2.08. The van der Waals surface area contributed by atoms with Crippen molar-refractivity contribution in [1.29, 1.82) is 0 Å². The maximum Gasteiger partial charge on any atom is 0.206 e. The van der Waals surface area contributed by atoms with Crippen molar-refractivity contribution in [2.24, 2.45) is 16.0 Å². The zero-order chi connectivity index (χ0) is 14.4. The molecule has 0 aliphatic carbocycles. The molecule has 2 rings (SSSR count). The Morgan fingerprint density at radius 2 is 2.05 bits per heavy atom. The first-order valence-electron chi connectivity index (χ1n) is 7.09. The number of thiophene rings is 1. The second kappa shape index (κ2) is 7.55. The molecule has 2 heterocycles. The average molecular weight is 307 g/mol. The molecule has 0 bridgehead atoms. The van der Waals surface area contributed by atoms with Crippen LogP contribution in [0.1, 0.15) is 33.6 Å². The van der Waals surface area contributed by atoms with Gasteiger partial charge in [-0.05, 0) is 37.1 Å². The molecule has 0 fully saturated rings. The quantitative estimate of drug-likeness (QED) is 0.705. The maximum absolute atomic E-state index is 4.70. The van der Waals surface area contributed by atoms with Gasteiger partial charge in [0.25, 0.3) is 0 Å². The van der Waals surface area contributed by atoms with Crippen molar-refractivity contribution in [1.82, 2.24) is 4.68 Å². The van der Waals surface area contributed by atoms with Crippen molar-refractivity contribution in [3.05, 3.63) is 27.7 Å². The highest BCUT2D eigenvalue weighted by molar-refractivity contribution is 7.14. The molecule has 0 amide bonds. The van der Waals surface area contributed by atoms with Crippen molar-refractivity contribution < 1.29 is 0 Å². The minimum atomic E-state index is 0.535. The topological polar surface area (TPSA) is 29.6 Å². The van der Waals surface area contributed by atoms with E-state index in [1.54, 1.807) is 22.7 Å². The van der Waals surface area contributed by atoms with Gasteiger partial charge >= 0.3 is 0 Å². The monoisotopic (exact) mass is 307 g/mol. The number of aromatic nitrogens is 1. The van der Waals surface area contributed by atoms with E-state index in [0.29, 0.717) is 5.92 Å². The standard InChI is InChI=1S/C15H21N3S2/c1-4-12(5-2)10-17-18-13(14-8-7-9-19-14)11-20-15(18)16-6-3/h7-12H,4-6H2,1-3H3. The summed E-state index contributed by atoms with van der Waals surface area (Å²) in [5.41, 5.74) is 1.14. The molecule has 2 aromatic heterocycles. The van der Waals surface area contributed by atoms with E-state index in [0.717, 1.165) is 29.9 Å². The summed E-state index contributed by atoms with van der Waals surface area (Å²) in [6.45, 7) is 7.25. The molecule has 0 aromatic carbocycles. The molecule has 0 N–H and O–H groups in total. The van der Waals surface area contributed by atoms with Crippen LogP contribution >= 0.6 is 22.7 Å². The minimum Gasteiger partial charge on any atom is -0.258 e. The lowest BCUT2D eigenvalue weighted by atomic mass is 10.1. The van der Waals surface area contributed by atoms with Crippen LogP contribution in [0.25, 0.3) is 10.6 Å². The summed E-state index contributed by atoms with van der Waals surface area (Å²) in [4.78, 5) is 6.75. The molecular weight excluding hydrogens is 286 g/mol. The van der Waals surface area contributed by atoms with Gasteiger partial charge < -0.3 is 0 Å². The van der Waals surface area contributed by atoms with Crippen LogP contribution in [0, 0.1) is 5.92 Å². The average Bonchev–Trinajstić information content (AvgIpc) is 3.10. The first-order valence-corrected chi connectivity index (χ1v) is 8.85. The summed E-state index contributed by atoms with van der Waals surface area (Å²) < 4.78 is 1.98. The van der Waals surface area contributed by atoms with Gasteiger partial charge in [0.2, 0.25) is 4.80 Å². The number of rotatable bonds is 6. The highest BCUT2D eigenvalue weighted by Crippen LogP contribution is 2.25. The predicted molar refractivity (Wildman–Crippen MR) is 89.7 cm³/mol. The number of hydrogen-bond acceptors (Lipinski definition) is 4. The largest absolute Gasteiger partial charge is 0.258 e. The van der Waals surface area contributed by atoms with E-state index >= 15 is 0 Å². The first-order chi connectivity index (χ1) is 9.80. The van der Waals surface area contributed by atoms with Gasteiger partial charge in [0.1, 0.15) is 0 Å². The maximum atomic E-state index is 4.70. The summed E-state index contributed by atoms with van der Waals surface area (Å²) in [7, 11) is 0. The summed E-state index contributed by atoms with van der Waals surface area (Å²) >= 11 is 3.39. The predicted octanol–water partition coefficient (Wildman–Crippen LogP) is 4.47. The van der Waals surface area contributed by atoms with Gasteiger partial charge in [-0.15, -0.1) is 22.7 Å². The fourth-order valence-electron chi connectivity index (χ4n) is 1.91. The van der Waals surface area contributed by atoms with Crippen molar-refractivity contribution in [2.75, 3.05) is 6.54 Å². The fraction of sp³-hybridized carbons (Fsp3) is 0.467. The number of thiazole rings is 1. The van der Waals surface area contributed by atoms with Crippen LogP contribution in [0.4, 0.5) is 0 Å². The zero-order valence-electron chi connectivity index (χ0n) is 12.2. The molecule has 5 heteroatoms. The van der Waals surface area contributed by atoms with E-state index in [2.05, 4.69) is 54.9 Å². The molecule has 0 radical (unpaired) electrons. The molecule has 0 aliphatic heterocycles. The Hall–Kier alpha value is -1.20. The van der Waals surface area contributed by atoms with Crippen molar-refractivity contribution >= 4 is 28.9 Å². The van der Waals surface area contributed by atoms with Crippen LogP contribution in [0.2, 0.25) is 0 Å². The molecule has 0 saturated heterocycles. The van der Waals surface area contributed by atoms with E-state index in [4.69, 9.17) is 5.10 Å². The number of hydrogen-bond donors (Lipinski definition) is 0. The lowest BCUT2D eigenvalue weighted by Crippen LogP contribution is -2.13. The molecular formula is C15H21N3S2. The Balaban J connectivity index is 2.43. The summed E-state index contributed by atoms with van der Waals surface area (Å²) in [6, 6.07) is 4.20. The fourth-order valence-corrected chi connectivity index (χ4v) is 3.60. The van der Waals surface area contributed by atoms with Gasteiger partial charge in [-0.1, -0.05) is 19.9 Å². The SMILES string of the molecule is CCN=c1scc(-c2cccs2)n1N=CC(CC)CC. The van der Waals surface area contributed by atoms with Crippen molar-refractivity contribution in [2.45, 2.75) is 33.6 Å². The van der Waals surface area contributed by atoms with Crippen molar-refractivity contribution in [3.8, 4) is 10.6 Å². The second-order valence-electron chi connectivity index (χ2n) is 4.51. The Labute approximate surface area is 128 Å². The normalized spacial score (nSPS) is 12.9. The van der Waals surface area contributed by atoms with Gasteiger partial charge in [-0.25, -0.2) is 4.68 Å². The molecule has 0 unspecified atom stereocenters. The van der Waals surface area contributed by atoms with Crippen molar-refractivity contribution in [3.63, 3.8) is 0 Å². The van der Waals surface area contributed by atoms with Gasteiger partial charge in [0, 0.05) is 18.1 Å². The first kappa shape index (κ1) is 15.2. The van der Waals surface area contributed by atoms with Gasteiger partial charge in [0.15, 0.2) is 0 Å². The molecule has 20 heavy (non-hydrogen) atoms. The molecule has 0 atom stereocenters. The summed E-state index contributed by atoms with van der Waals surface area (Å²) in [6.07, 6.45) is 4.32. The Morgan fingerprint density at radius 1 is 1.25 bits per heavy atom. The Bertz CT molecular complexity index is 601. The molecule has 108 valence electrons. The minimum absolute atomic E-state index is 0.535. The highest BCUT2D eigenvalue weighted by atomic mass is 32.1. The molecule has 0 spiro atoms. The molecule has 3 nitrogen and oxygen atoms in total. The Morgan fingerprint density at radius 3 is 2.65 bits per heavy atom. The van der Waals surface area contributed by atoms with E-state index in [1.165, 1.54) is 4.88 Å². The lowest BCUT2D eigenvalue weighted by molar-refractivity contribution is 0.647. The second-order valence-corrected chi connectivity index (χ2v) is 6.29. The third-order valence-corrected chi connectivity index (χ3v) is 4.94. The van der Waals surface area contributed by atoms with Crippen LogP contribution < -0.4 is 4.80 Å². The van der Waals surface area contributed by atoms with E-state index in [9.17, 15) is 0 Å². The van der Waals surface area contributed by atoms with Gasteiger partial charge in [-0.2, -0.15) is 5.10 Å². The Kier molecular flexibility index (Phi) is 5.73. The molecule has 0 saturated carbocycles. The summed E-state index contributed by atoms with van der Waals surface area (Å²) in [5, 5.41) is 8.94. The third-order valence-electron chi connectivity index (χ3n) is 3.19. The smallest absolute Gasteiger partial charge is 0.206 e. The van der Waals surface area contributed by atoms with Crippen LogP contribution in [0.5, 0.6) is 0 Å². The molecule has 2 aromatic rings. The van der Waals surface area contributed by atoms with Crippen LogP contribution in [-0.4, -0.2) is 17.4 Å². The van der Waals surface area contributed by atoms with Crippen LogP contribution in [0.15, 0.2) is 33.0 Å². The summed E-state index contributed by atoms with van der Waals surface area (Å²) in [5.74, 6) is 0.535. The molecule has 0 aliphatic rings. The number of nitrogens with zero attached hydrogens (tertiary/aromatic N) is 3. The zero-order valence-corrected chi connectivity index (χ0v) is 13.9. The third kappa shape index (κ3) is 3.46. The van der Waals surface area contributed by atoms with Gasteiger partial charge in [-0.3, -0.25) is 4.99 Å². The van der Waals surface area contributed by atoms with E-state index in [-0.39, 0.29) is 0 Å².